The van der Waals surface area contributed by atoms with Crippen molar-refractivity contribution in [1.29, 1.82) is 0 Å². The Hall–Kier alpha value is -3.86. The molecule has 0 saturated carbocycles. The third-order valence-electron chi connectivity index (χ3n) is 8.71. The van der Waals surface area contributed by atoms with Gasteiger partial charge in [0.05, 0.1) is 24.6 Å². The number of nitrogens with two attached hydrogens (primary N) is 1. The Bertz CT molecular complexity index is 1470. The minimum Gasteiger partial charge on any atom is -0.511 e. The Labute approximate surface area is 231 Å². The number of aliphatic hydroxyl groups is 4. The molecule has 10 heteroatoms. The van der Waals surface area contributed by atoms with Gasteiger partial charge in [-0.15, -0.1) is 0 Å². The molecule has 0 bridgehead atoms. The van der Waals surface area contributed by atoms with E-state index in [2.05, 4.69) is 0 Å². The molecule has 0 heterocycles. The summed E-state index contributed by atoms with van der Waals surface area (Å²) in [6, 6.07) is 8.05. The van der Waals surface area contributed by atoms with Crippen LogP contribution in [0.4, 0.5) is 0 Å². The van der Waals surface area contributed by atoms with Gasteiger partial charge in [-0.2, -0.15) is 0 Å². The van der Waals surface area contributed by atoms with Crippen molar-refractivity contribution in [1.82, 2.24) is 4.90 Å². The van der Waals surface area contributed by atoms with Crippen LogP contribution in [-0.2, 0) is 17.6 Å². The summed E-state index contributed by atoms with van der Waals surface area (Å²) in [6.07, 6.45) is 1.12. The predicted octanol–water partition coefficient (Wildman–Crippen LogP) is 2.36. The number of carbonyl (C=O) groups excluding carboxylic acids is 2. The van der Waals surface area contributed by atoms with Gasteiger partial charge < -0.3 is 36.0 Å². The third kappa shape index (κ3) is 3.89. The van der Waals surface area contributed by atoms with Crippen molar-refractivity contribution in [2.45, 2.75) is 38.0 Å². The zero-order chi connectivity index (χ0) is 29.3. The maximum Gasteiger partial charge on any atom is 0.253 e. The number of hydrogen-bond donors (Lipinski definition) is 6. The summed E-state index contributed by atoms with van der Waals surface area (Å²) in [4.78, 5) is 27.9. The van der Waals surface area contributed by atoms with E-state index in [9.17, 15) is 35.1 Å². The summed E-state index contributed by atoms with van der Waals surface area (Å²) in [5.41, 5.74) is 7.31. The first-order valence-electron chi connectivity index (χ1n) is 13.2. The van der Waals surface area contributed by atoms with Crippen molar-refractivity contribution >= 4 is 11.7 Å². The Balaban J connectivity index is 1.70. The number of phenolic OH excluding ortho intramolecular Hbond substituents is 1. The first-order chi connectivity index (χ1) is 18.8. The number of aryl methyl sites for hydroxylation is 1. The molecule has 0 saturated heterocycles. The molecule has 0 spiro atoms. The number of methoxy groups -OCH3 is 1. The average Bonchev–Trinajstić information content (AvgIpc) is 2.87. The van der Waals surface area contributed by atoms with Crippen LogP contribution >= 0.6 is 0 Å². The van der Waals surface area contributed by atoms with Gasteiger partial charge in [-0.3, -0.25) is 14.5 Å². The molecule has 0 aromatic heterocycles. The maximum absolute atomic E-state index is 14.1. The monoisotopic (exact) mass is 550 g/mol. The van der Waals surface area contributed by atoms with Crippen molar-refractivity contribution in [3.63, 3.8) is 0 Å². The lowest BCUT2D eigenvalue weighted by Gasteiger charge is -2.51. The fraction of sp³-hybridized carbons (Fsp3) is 0.400. The molecular weight excluding hydrogens is 516 g/mol. The summed E-state index contributed by atoms with van der Waals surface area (Å²) in [5.74, 6) is -8.39. The van der Waals surface area contributed by atoms with Crippen LogP contribution in [0.25, 0.3) is 11.1 Å². The molecule has 7 N–H and O–H groups in total. The van der Waals surface area contributed by atoms with Crippen LogP contribution in [0.15, 0.2) is 53.0 Å². The van der Waals surface area contributed by atoms with E-state index >= 15 is 0 Å². The predicted molar refractivity (Wildman–Crippen MR) is 146 cm³/mol. The molecule has 212 valence electrons. The average molecular weight is 551 g/mol. The minimum absolute atomic E-state index is 0.0341. The van der Waals surface area contributed by atoms with Gasteiger partial charge in [0.2, 0.25) is 5.79 Å². The Morgan fingerprint density at radius 1 is 1.12 bits per heavy atom. The second kappa shape index (κ2) is 9.65. The number of amides is 1. The van der Waals surface area contributed by atoms with Crippen LogP contribution in [0.1, 0.15) is 34.8 Å². The second-order valence-electron chi connectivity index (χ2n) is 11.0. The van der Waals surface area contributed by atoms with Gasteiger partial charge in [0.15, 0.2) is 5.78 Å². The fourth-order valence-corrected chi connectivity index (χ4v) is 7.01. The largest absolute Gasteiger partial charge is 0.511 e. The zero-order valence-corrected chi connectivity index (χ0v) is 22.8. The van der Waals surface area contributed by atoms with Gasteiger partial charge in [-0.05, 0) is 80.1 Å². The molecule has 40 heavy (non-hydrogen) atoms. The van der Waals surface area contributed by atoms with Crippen molar-refractivity contribution in [3.8, 4) is 22.6 Å². The van der Waals surface area contributed by atoms with Crippen LogP contribution in [-0.4, -0.2) is 75.2 Å². The number of carbonyl (C=O) groups is 2. The second-order valence-corrected chi connectivity index (χ2v) is 11.0. The quantitative estimate of drug-likeness (QED) is 0.305. The number of nitrogens with zero attached hydrogens (tertiary/aromatic N) is 1. The number of benzene rings is 2. The highest BCUT2D eigenvalue weighted by atomic mass is 16.5. The summed E-state index contributed by atoms with van der Waals surface area (Å²) in [6.45, 7) is 1.96. The molecule has 4 atom stereocenters. The lowest BCUT2D eigenvalue weighted by atomic mass is 9.59. The number of allylic oxidation sites excluding steroid dienone is 1. The fourth-order valence-electron chi connectivity index (χ4n) is 7.01. The van der Waals surface area contributed by atoms with E-state index in [0.29, 0.717) is 35.3 Å². The SMILES string of the molecule is CCc1cc(-c2ccc(OC)cc2)c(O)c2c1CC1CC3C(C(O)=C1C2=O)C(O)(O)C(C(N)=O)=C(O)[C@H]3N(C)C. The minimum atomic E-state index is -3.02. The van der Waals surface area contributed by atoms with E-state index in [0.717, 1.165) is 5.56 Å². The highest BCUT2D eigenvalue weighted by Crippen LogP contribution is 2.54. The molecule has 2 aromatic rings. The van der Waals surface area contributed by atoms with Crippen LogP contribution in [0.2, 0.25) is 0 Å². The molecule has 3 aliphatic carbocycles. The molecule has 0 radical (unpaired) electrons. The lowest BCUT2D eigenvalue weighted by Crippen LogP contribution is -2.60. The smallest absolute Gasteiger partial charge is 0.253 e. The summed E-state index contributed by atoms with van der Waals surface area (Å²) in [7, 11) is 4.86. The number of aliphatic hydroxyl groups excluding tert-OH is 2. The molecule has 10 nitrogen and oxygen atoms in total. The first kappa shape index (κ1) is 27.7. The molecule has 2 aromatic carbocycles. The van der Waals surface area contributed by atoms with E-state index < -0.39 is 58.4 Å². The Kier molecular flexibility index (Phi) is 6.68. The van der Waals surface area contributed by atoms with Gasteiger partial charge in [0.25, 0.3) is 5.91 Å². The van der Waals surface area contributed by atoms with Gasteiger partial charge in [-0.1, -0.05) is 19.1 Å². The van der Waals surface area contributed by atoms with E-state index in [1.807, 2.05) is 13.0 Å². The molecule has 3 unspecified atom stereocenters. The molecule has 0 fully saturated rings. The van der Waals surface area contributed by atoms with Crippen LogP contribution in [0.3, 0.4) is 0 Å². The van der Waals surface area contributed by atoms with Crippen molar-refractivity contribution in [2.24, 2.45) is 23.5 Å². The summed E-state index contributed by atoms with van der Waals surface area (Å²) < 4.78 is 5.23. The van der Waals surface area contributed by atoms with Crippen molar-refractivity contribution < 1.29 is 39.9 Å². The number of Topliss-reactive ketones (excluding diaryl/α,β-unsaturated/α-hetero) is 1. The van der Waals surface area contributed by atoms with Gasteiger partial charge >= 0.3 is 0 Å². The van der Waals surface area contributed by atoms with Crippen molar-refractivity contribution in [3.05, 3.63) is 69.7 Å². The maximum atomic E-state index is 14.1. The molecular formula is C30H34N2O8. The molecule has 3 aliphatic rings. The highest BCUT2D eigenvalue weighted by molar-refractivity contribution is 6.14. The summed E-state index contributed by atoms with van der Waals surface area (Å²) in [5, 5.41) is 56.2. The Morgan fingerprint density at radius 3 is 2.33 bits per heavy atom. The van der Waals surface area contributed by atoms with Gasteiger partial charge in [0.1, 0.15) is 28.6 Å². The number of ether oxygens (including phenoxy) is 1. The van der Waals surface area contributed by atoms with Gasteiger partial charge in [-0.25, -0.2) is 0 Å². The Morgan fingerprint density at radius 2 is 1.77 bits per heavy atom. The lowest BCUT2D eigenvalue weighted by molar-refractivity contribution is -0.200. The number of rotatable bonds is 5. The number of likely N-dealkylation sites (N-methyl/N-ethyl adjacent to an activating group) is 1. The first-order valence-corrected chi connectivity index (χ1v) is 13.2. The van der Waals surface area contributed by atoms with Gasteiger partial charge in [0, 0.05) is 11.1 Å². The number of hydrogen-bond acceptors (Lipinski definition) is 9. The molecule has 5 rings (SSSR count). The number of phenols is 1. The normalized spacial score (nSPS) is 25.4. The van der Waals surface area contributed by atoms with E-state index in [4.69, 9.17) is 10.5 Å². The van der Waals surface area contributed by atoms with E-state index in [1.165, 1.54) is 0 Å². The third-order valence-corrected chi connectivity index (χ3v) is 8.71. The number of primary amides is 1. The highest BCUT2D eigenvalue weighted by Gasteiger charge is 2.60. The standard InChI is InChI=1S/C30H34N2O8/c1-5-13-10-18(14-6-8-16(40-4)9-7-14)25(33)21-17(13)11-15-12-19-22(27(35)20(15)26(21)34)30(38,39)23(29(31)37)28(36)24(19)32(2)3/h6-10,15,19,22,24,33,35-36,38-39H,5,11-12H2,1-4H3,(H2,31,37)/t15?,19?,22?,24-/m0/s1. The van der Waals surface area contributed by atoms with E-state index in [1.54, 1.807) is 50.4 Å². The van der Waals surface area contributed by atoms with E-state index in [-0.39, 0.29) is 23.3 Å². The zero-order valence-electron chi connectivity index (χ0n) is 22.8. The number of aromatic hydroxyl groups is 1. The van der Waals surface area contributed by atoms with Crippen LogP contribution in [0, 0.1) is 17.8 Å². The number of fused-ring (bicyclic) bond motifs is 3. The summed E-state index contributed by atoms with van der Waals surface area (Å²) >= 11 is 0. The molecule has 0 aliphatic heterocycles. The van der Waals surface area contributed by atoms with Crippen LogP contribution in [0.5, 0.6) is 11.5 Å². The molecule has 1 amide bonds. The van der Waals surface area contributed by atoms with Crippen molar-refractivity contribution in [2.75, 3.05) is 21.2 Å². The topological polar surface area (TPSA) is 174 Å². The number of ketones is 1. The van der Waals surface area contributed by atoms with Crippen LogP contribution < -0.4 is 10.5 Å².